The summed E-state index contributed by atoms with van der Waals surface area (Å²) in [6.45, 7) is 3.96. The Bertz CT molecular complexity index is 306. The molecule has 0 bridgehead atoms. The normalized spacial score (nSPS) is 14.6. The van der Waals surface area contributed by atoms with E-state index in [1.54, 1.807) is 6.92 Å². The number of carbonyl (C=O) groups excluding carboxylic acids is 1. The fourth-order valence-electron chi connectivity index (χ4n) is 1.37. The first-order chi connectivity index (χ1) is 7.05. The molecule has 0 fully saturated rings. The average molecular weight is 211 g/mol. The Morgan fingerprint density at radius 1 is 1.73 bits per heavy atom. The molecule has 1 atom stereocenters. The smallest absolute Gasteiger partial charge is 0.254 e. The van der Waals surface area contributed by atoms with Crippen LogP contribution in [-0.2, 0) is 0 Å². The van der Waals surface area contributed by atoms with Gasteiger partial charge in [0, 0.05) is 12.7 Å². The molecule has 1 unspecified atom stereocenters. The highest BCUT2D eigenvalue weighted by Gasteiger charge is 2.20. The summed E-state index contributed by atoms with van der Waals surface area (Å²) in [7, 11) is 0. The van der Waals surface area contributed by atoms with E-state index in [1.165, 1.54) is 12.4 Å². The fourth-order valence-corrected chi connectivity index (χ4v) is 1.37. The number of nitrogens with zero attached hydrogens (tertiary/aromatic N) is 1. The Morgan fingerprint density at radius 2 is 2.47 bits per heavy atom. The summed E-state index contributed by atoms with van der Waals surface area (Å²) in [6.07, 6.45) is 4.51. The SMILES string of the molecule is CCCC(C)(O)CNC(=O)c1cn[nH]c1. The van der Waals surface area contributed by atoms with E-state index in [1.807, 2.05) is 6.92 Å². The number of hydrogen-bond acceptors (Lipinski definition) is 3. The Morgan fingerprint density at radius 3 is 3.00 bits per heavy atom. The van der Waals surface area contributed by atoms with Crippen molar-refractivity contribution in [2.75, 3.05) is 6.54 Å². The van der Waals surface area contributed by atoms with E-state index in [0.717, 1.165) is 6.42 Å². The Hall–Kier alpha value is -1.36. The van der Waals surface area contributed by atoms with Crippen LogP contribution in [0.3, 0.4) is 0 Å². The lowest BCUT2D eigenvalue weighted by Gasteiger charge is -2.22. The van der Waals surface area contributed by atoms with Crippen LogP contribution in [0.1, 0.15) is 37.0 Å². The Balaban J connectivity index is 2.40. The standard InChI is InChI=1S/C10H17N3O2/c1-3-4-10(2,15)7-11-9(14)8-5-12-13-6-8/h5-6,15H,3-4,7H2,1-2H3,(H,11,14)(H,12,13). The third-order valence-electron chi connectivity index (χ3n) is 2.18. The number of aromatic amines is 1. The summed E-state index contributed by atoms with van der Waals surface area (Å²) in [5, 5.41) is 18.7. The Labute approximate surface area is 88.9 Å². The number of nitrogens with one attached hydrogen (secondary N) is 2. The summed E-state index contributed by atoms with van der Waals surface area (Å²) in [5.74, 6) is -0.222. The predicted molar refractivity (Wildman–Crippen MR) is 56.5 cm³/mol. The van der Waals surface area contributed by atoms with E-state index in [4.69, 9.17) is 0 Å². The highest BCUT2D eigenvalue weighted by Crippen LogP contribution is 2.10. The maximum atomic E-state index is 11.5. The van der Waals surface area contributed by atoms with Crippen molar-refractivity contribution in [3.8, 4) is 0 Å². The van der Waals surface area contributed by atoms with Crippen molar-refractivity contribution in [2.24, 2.45) is 0 Å². The molecule has 84 valence electrons. The van der Waals surface area contributed by atoms with E-state index in [9.17, 15) is 9.90 Å². The molecule has 0 aromatic carbocycles. The van der Waals surface area contributed by atoms with E-state index in [0.29, 0.717) is 12.0 Å². The van der Waals surface area contributed by atoms with Gasteiger partial charge >= 0.3 is 0 Å². The molecule has 3 N–H and O–H groups in total. The van der Waals surface area contributed by atoms with Gasteiger partial charge in [0.2, 0.25) is 0 Å². The van der Waals surface area contributed by atoms with E-state index in [-0.39, 0.29) is 12.5 Å². The summed E-state index contributed by atoms with van der Waals surface area (Å²) in [6, 6.07) is 0. The zero-order chi connectivity index (χ0) is 11.3. The van der Waals surface area contributed by atoms with Gasteiger partial charge in [0.05, 0.1) is 17.4 Å². The summed E-state index contributed by atoms with van der Waals surface area (Å²) in [4.78, 5) is 11.5. The Kier molecular flexibility index (Phi) is 3.85. The molecule has 1 aromatic heterocycles. The monoisotopic (exact) mass is 211 g/mol. The van der Waals surface area contributed by atoms with Gasteiger partial charge in [-0.15, -0.1) is 0 Å². The second kappa shape index (κ2) is 4.93. The van der Waals surface area contributed by atoms with Crippen LogP contribution in [0.4, 0.5) is 0 Å². The fraction of sp³-hybridized carbons (Fsp3) is 0.600. The molecule has 1 aromatic rings. The lowest BCUT2D eigenvalue weighted by Crippen LogP contribution is -2.40. The maximum absolute atomic E-state index is 11.5. The van der Waals surface area contributed by atoms with Crippen molar-refractivity contribution in [1.29, 1.82) is 0 Å². The number of hydrogen-bond donors (Lipinski definition) is 3. The predicted octanol–water partition coefficient (Wildman–Crippen LogP) is 0.691. The zero-order valence-corrected chi connectivity index (χ0v) is 9.08. The molecule has 5 heteroatoms. The highest BCUT2D eigenvalue weighted by molar-refractivity contribution is 5.93. The molecule has 0 spiro atoms. The van der Waals surface area contributed by atoms with Crippen LogP contribution >= 0.6 is 0 Å². The van der Waals surface area contributed by atoms with Crippen LogP contribution in [-0.4, -0.2) is 33.4 Å². The summed E-state index contributed by atoms with van der Waals surface area (Å²) < 4.78 is 0. The van der Waals surface area contributed by atoms with Gasteiger partial charge in [-0.2, -0.15) is 5.10 Å². The molecule has 0 radical (unpaired) electrons. The number of aromatic nitrogens is 2. The topological polar surface area (TPSA) is 78.0 Å². The first kappa shape index (κ1) is 11.7. The third kappa shape index (κ3) is 3.71. The van der Waals surface area contributed by atoms with Crippen molar-refractivity contribution in [2.45, 2.75) is 32.3 Å². The van der Waals surface area contributed by atoms with Gasteiger partial charge in [0.15, 0.2) is 0 Å². The number of rotatable bonds is 5. The van der Waals surface area contributed by atoms with Crippen LogP contribution < -0.4 is 5.32 Å². The molecule has 0 aliphatic rings. The zero-order valence-electron chi connectivity index (χ0n) is 9.08. The van der Waals surface area contributed by atoms with Gasteiger partial charge in [-0.25, -0.2) is 0 Å². The van der Waals surface area contributed by atoms with Gasteiger partial charge in [-0.3, -0.25) is 9.89 Å². The molecule has 1 heterocycles. The number of aliphatic hydroxyl groups is 1. The minimum atomic E-state index is -0.839. The van der Waals surface area contributed by atoms with Crippen molar-refractivity contribution in [3.63, 3.8) is 0 Å². The lowest BCUT2D eigenvalue weighted by molar-refractivity contribution is 0.0469. The maximum Gasteiger partial charge on any atom is 0.254 e. The molecule has 5 nitrogen and oxygen atoms in total. The van der Waals surface area contributed by atoms with Gasteiger partial charge in [0.1, 0.15) is 0 Å². The quantitative estimate of drug-likeness (QED) is 0.670. The van der Waals surface area contributed by atoms with Crippen LogP contribution in [0.2, 0.25) is 0 Å². The highest BCUT2D eigenvalue weighted by atomic mass is 16.3. The van der Waals surface area contributed by atoms with Crippen LogP contribution in [0, 0.1) is 0 Å². The van der Waals surface area contributed by atoms with Crippen LogP contribution in [0.15, 0.2) is 12.4 Å². The molecule has 0 aliphatic carbocycles. The van der Waals surface area contributed by atoms with Crippen molar-refractivity contribution in [3.05, 3.63) is 18.0 Å². The number of carbonyl (C=O) groups is 1. The van der Waals surface area contributed by atoms with Crippen molar-refractivity contribution in [1.82, 2.24) is 15.5 Å². The molecular formula is C10H17N3O2. The molecule has 1 rings (SSSR count). The first-order valence-electron chi connectivity index (χ1n) is 5.04. The number of H-pyrrole nitrogens is 1. The lowest BCUT2D eigenvalue weighted by atomic mass is 10.0. The van der Waals surface area contributed by atoms with Crippen LogP contribution in [0.5, 0.6) is 0 Å². The molecule has 0 saturated heterocycles. The first-order valence-corrected chi connectivity index (χ1v) is 5.04. The number of amides is 1. The third-order valence-corrected chi connectivity index (χ3v) is 2.18. The second-order valence-corrected chi connectivity index (χ2v) is 3.92. The van der Waals surface area contributed by atoms with Crippen LogP contribution in [0.25, 0.3) is 0 Å². The summed E-state index contributed by atoms with van der Waals surface area (Å²) >= 11 is 0. The van der Waals surface area contributed by atoms with E-state index in [2.05, 4.69) is 15.5 Å². The molecular weight excluding hydrogens is 194 g/mol. The van der Waals surface area contributed by atoms with E-state index < -0.39 is 5.60 Å². The van der Waals surface area contributed by atoms with Gasteiger partial charge in [0.25, 0.3) is 5.91 Å². The molecule has 0 saturated carbocycles. The minimum Gasteiger partial charge on any atom is -0.388 e. The second-order valence-electron chi connectivity index (χ2n) is 3.92. The van der Waals surface area contributed by atoms with Crippen molar-refractivity contribution >= 4 is 5.91 Å². The van der Waals surface area contributed by atoms with Gasteiger partial charge in [-0.05, 0) is 13.3 Å². The average Bonchev–Trinajstić information content (AvgIpc) is 2.67. The van der Waals surface area contributed by atoms with Crippen molar-refractivity contribution < 1.29 is 9.90 Å². The van der Waals surface area contributed by atoms with Gasteiger partial charge < -0.3 is 10.4 Å². The molecule has 0 aliphatic heterocycles. The molecule has 1 amide bonds. The van der Waals surface area contributed by atoms with E-state index >= 15 is 0 Å². The minimum absolute atomic E-state index is 0.222. The van der Waals surface area contributed by atoms with Gasteiger partial charge in [-0.1, -0.05) is 13.3 Å². The summed E-state index contributed by atoms with van der Waals surface area (Å²) in [5.41, 5.74) is -0.365. The molecule has 15 heavy (non-hydrogen) atoms. The largest absolute Gasteiger partial charge is 0.388 e.